The molecule has 0 spiro atoms. The Morgan fingerprint density at radius 1 is 1.18 bits per heavy atom. The van der Waals surface area contributed by atoms with Crippen LogP contribution < -0.4 is 40.0 Å². The van der Waals surface area contributed by atoms with Crippen molar-refractivity contribution >= 4 is 18.0 Å². The van der Waals surface area contributed by atoms with Gasteiger partial charge in [-0.2, -0.15) is 5.10 Å². The number of carbonyl (C=O) groups is 2. The van der Waals surface area contributed by atoms with Crippen molar-refractivity contribution in [3.8, 4) is 5.69 Å². The molecule has 0 fully saturated rings. The first-order chi connectivity index (χ1) is 15.5. The maximum Gasteiger partial charge on any atom is 1.00 e. The Hall–Kier alpha value is -2.04. The molecule has 1 heterocycles. The second-order valence-corrected chi connectivity index (χ2v) is 8.69. The van der Waals surface area contributed by atoms with Crippen LogP contribution in [0.5, 0.6) is 0 Å². The fourth-order valence-corrected chi connectivity index (χ4v) is 3.34. The number of hydrogen-bond acceptors (Lipinski definition) is 6. The number of benzene rings is 1. The van der Waals surface area contributed by atoms with E-state index in [0.29, 0.717) is 23.5 Å². The number of nitrogens with zero attached hydrogens (tertiary/aromatic N) is 2. The number of aromatic nitrogens is 2. The number of carboxylic acid groups (broad SMARTS) is 1. The molecule has 1 aromatic carbocycles. The van der Waals surface area contributed by atoms with E-state index in [1.54, 1.807) is 6.08 Å². The Kier molecular flexibility index (Phi) is 12.1. The van der Waals surface area contributed by atoms with Crippen molar-refractivity contribution in [2.24, 2.45) is 5.92 Å². The number of carbonyl (C=O) groups excluding carboxylic acids is 2. The normalized spacial score (nSPS) is 13.2. The van der Waals surface area contributed by atoms with Gasteiger partial charge in [0.05, 0.1) is 23.6 Å². The number of aliphatic hydroxyl groups excluding tert-OH is 2. The van der Waals surface area contributed by atoms with Gasteiger partial charge in [0.1, 0.15) is 5.82 Å². The monoisotopic (exact) mass is 483 g/mol. The van der Waals surface area contributed by atoms with Gasteiger partial charge in [-0.3, -0.25) is 4.79 Å². The first-order valence-electron chi connectivity index (χ1n) is 10.9. The number of nitrogens with one attached hydrogen (secondary N) is 1. The van der Waals surface area contributed by atoms with Crippen molar-refractivity contribution in [3.05, 3.63) is 53.1 Å². The number of aliphatic carboxylic acids is 1. The van der Waals surface area contributed by atoms with E-state index in [9.17, 15) is 29.3 Å². The average Bonchev–Trinajstić information content (AvgIpc) is 3.10. The van der Waals surface area contributed by atoms with E-state index in [0.717, 1.165) is 0 Å². The van der Waals surface area contributed by atoms with Gasteiger partial charge in [0, 0.05) is 30.9 Å². The van der Waals surface area contributed by atoms with Crippen molar-refractivity contribution in [1.82, 2.24) is 15.1 Å². The molecule has 0 aliphatic heterocycles. The predicted molar refractivity (Wildman–Crippen MR) is 120 cm³/mol. The molecule has 8 nitrogen and oxygen atoms in total. The summed E-state index contributed by atoms with van der Waals surface area (Å²) in [5.74, 6) is -2.03. The molecule has 10 heteroatoms. The molecule has 180 valence electrons. The van der Waals surface area contributed by atoms with Crippen LogP contribution in [0.2, 0.25) is 0 Å². The van der Waals surface area contributed by atoms with Crippen molar-refractivity contribution < 1.29 is 58.9 Å². The van der Waals surface area contributed by atoms with Gasteiger partial charge < -0.3 is 25.4 Å². The van der Waals surface area contributed by atoms with Crippen LogP contribution in [-0.2, 0) is 4.79 Å². The Morgan fingerprint density at radius 3 is 2.32 bits per heavy atom. The van der Waals surface area contributed by atoms with Crippen LogP contribution in [0.15, 0.2) is 30.3 Å². The van der Waals surface area contributed by atoms with Crippen LogP contribution in [0, 0.1) is 11.7 Å². The molecule has 2 rings (SSSR count). The van der Waals surface area contributed by atoms with Gasteiger partial charge in [-0.25, -0.2) is 9.07 Å². The van der Waals surface area contributed by atoms with Crippen molar-refractivity contribution in [2.45, 2.75) is 58.7 Å². The fraction of sp³-hybridized carbons (Fsp3) is 0.458. The van der Waals surface area contributed by atoms with Gasteiger partial charge in [-0.05, 0) is 42.2 Å². The van der Waals surface area contributed by atoms with Crippen LogP contribution >= 0.6 is 0 Å². The molecule has 0 unspecified atom stereocenters. The zero-order chi connectivity index (χ0) is 24.7. The summed E-state index contributed by atoms with van der Waals surface area (Å²) < 4.78 is 15.0. The summed E-state index contributed by atoms with van der Waals surface area (Å²) in [6, 6.07) is 5.62. The van der Waals surface area contributed by atoms with E-state index in [-0.39, 0.29) is 59.4 Å². The topological polar surface area (TPSA) is 128 Å². The number of hydrogen-bond donors (Lipinski definition) is 3. The number of rotatable bonds is 11. The van der Waals surface area contributed by atoms with E-state index in [2.05, 4.69) is 10.4 Å². The predicted octanol–water partition coefficient (Wildman–Crippen LogP) is -1.21. The summed E-state index contributed by atoms with van der Waals surface area (Å²) in [6.07, 6.45) is -0.227. The Morgan fingerprint density at radius 2 is 1.79 bits per heavy atom. The molecule has 34 heavy (non-hydrogen) atoms. The van der Waals surface area contributed by atoms with E-state index in [1.807, 2.05) is 27.7 Å². The van der Waals surface area contributed by atoms with Crippen LogP contribution in [0.25, 0.3) is 11.8 Å². The molecular formula is C24H31FN3NaO5. The van der Waals surface area contributed by atoms with E-state index in [4.69, 9.17) is 0 Å². The van der Waals surface area contributed by atoms with E-state index >= 15 is 0 Å². The summed E-state index contributed by atoms with van der Waals surface area (Å²) >= 11 is 0. The number of amides is 1. The van der Waals surface area contributed by atoms with Crippen LogP contribution in [0.3, 0.4) is 0 Å². The molecule has 3 N–H and O–H groups in total. The quantitative estimate of drug-likeness (QED) is 0.344. The van der Waals surface area contributed by atoms with E-state index < -0.39 is 30.4 Å². The summed E-state index contributed by atoms with van der Waals surface area (Å²) in [5, 5.41) is 38.0. The van der Waals surface area contributed by atoms with Gasteiger partial charge >= 0.3 is 29.6 Å². The minimum Gasteiger partial charge on any atom is -0.550 e. The molecular weight excluding hydrogens is 452 g/mol. The van der Waals surface area contributed by atoms with Crippen LogP contribution in [0.1, 0.15) is 68.2 Å². The third kappa shape index (κ3) is 8.63. The third-order valence-electron chi connectivity index (χ3n) is 4.89. The minimum absolute atomic E-state index is 0. The summed E-state index contributed by atoms with van der Waals surface area (Å²) in [6.45, 7) is 8.24. The molecule has 1 amide bonds. The van der Waals surface area contributed by atoms with Gasteiger partial charge in [-0.1, -0.05) is 33.8 Å². The van der Waals surface area contributed by atoms with Crippen LogP contribution in [0.4, 0.5) is 4.39 Å². The standard InChI is InChI=1S/C24H32FN3O5.Na/c1-14(2)13-26-24(33)23-22(15(3)4)20(10-9-18(29)11-19(30)12-21(31)32)28(27-23)17-7-5-16(25)6-8-17;/h5-10,14-15,18-19,29-30H,11-13H2,1-4H3,(H,26,33)(H,31,32);/q;+1/p-1/t18-,19+;/m0./s1. The Balaban J connectivity index is 0.00000578. The van der Waals surface area contributed by atoms with Crippen LogP contribution in [-0.4, -0.2) is 50.6 Å². The first kappa shape index (κ1) is 30.0. The molecule has 2 aromatic rings. The smallest absolute Gasteiger partial charge is 0.550 e. The second kappa shape index (κ2) is 13.7. The summed E-state index contributed by atoms with van der Waals surface area (Å²) in [7, 11) is 0. The molecule has 0 radical (unpaired) electrons. The molecule has 0 saturated carbocycles. The van der Waals surface area contributed by atoms with Crippen molar-refractivity contribution in [3.63, 3.8) is 0 Å². The average molecular weight is 484 g/mol. The number of carboxylic acids is 1. The summed E-state index contributed by atoms with van der Waals surface area (Å²) in [5.41, 5.74) is 1.90. The van der Waals surface area contributed by atoms with Gasteiger partial charge in [-0.15, -0.1) is 0 Å². The van der Waals surface area contributed by atoms with Gasteiger partial charge in [0.15, 0.2) is 5.69 Å². The number of halogens is 1. The minimum atomic E-state index is -1.41. The molecule has 0 bridgehead atoms. The van der Waals surface area contributed by atoms with Crippen molar-refractivity contribution in [1.29, 1.82) is 0 Å². The maximum absolute atomic E-state index is 13.5. The van der Waals surface area contributed by atoms with Crippen molar-refractivity contribution in [2.75, 3.05) is 6.54 Å². The SMILES string of the molecule is CC(C)CNC(=O)c1nn(-c2ccc(F)cc2)c(C=C[C@H](O)C[C@@H](O)CC(=O)[O-])c1C(C)C.[Na+]. The molecule has 2 atom stereocenters. The van der Waals surface area contributed by atoms with Gasteiger partial charge in [0.2, 0.25) is 0 Å². The Labute approximate surface area is 221 Å². The molecule has 0 aliphatic carbocycles. The largest absolute Gasteiger partial charge is 1.00 e. The zero-order valence-corrected chi connectivity index (χ0v) is 22.3. The summed E-state index contributed by atoms with van der Waals surface area (Å²) in [4.78, 5) is 23.5. The van der Waals surface area contributed by atoms with Gasteiger partial charge in [0.25, 0.3) is 5.91 Å². The fourth-order valence-electron chi connectivity index (χ4n) is 3.34. The molecule has 0 aliphatic rings. The first-order valence-corrected chi connectivity index (χ1v) is 10.9. The number of aliphatic hydroxyl groups is 2. The zero-order valence-electron chi connectivity index (χ0n) is 20.3. The van der Waals surface area contributed by atoms with E-state index in [1.165, 1.54) is 35.0 Å². The maximum atomic E-state index is 13.5. The second-order valence-electron chi connectivity index (χ2n) is 8.69. The Bertz CT molecular complexity index is 989. The third-order valence-corrected chi connectivity index (χ3v) is 4.89. The molecule has 0 saturated heterocycles. The molecule has 1 aromatic heterocycles.